The summed E-state index contributed by atoms with van der Waals surface area (Å²) < 4.78 is 19.6. The average Bonchev–Trinajstić information content (AvgIpc) is 4.44. The molecule has 0 N–H and O–H groups in total. The van der Waals surface area contributed by atoms with E-state index in [1.807, 2.05) is 36.4 Å². The summed E-state index contributed by atoms with van der Waals surface area (Å²) in [4.78, 5) is 7.41. The number of benzene rings is 11. The van der Waals surface area contributed by atoms with Gasteiger partial charge in [0.15, 0.2) is 0 Å². The van der Waals surface area contributed by atoms with E-state index in [0.717, 1.165) is 129 Å². The third kappa shape index (κ3) is 7.79. The molecule has 384 valence electrons. The van der Waals surface area contributed by atoms with E-state index < -0.39 is 0 Å². The van der Waals surface area contributed by atoms with Crippen molar-refractivity contribution in [2.75, 3.05) is 14.7 Å². The molecule has 0 spiro atoms. The van der Waals surface area contributed by atoms with Gasteiger partial charge in [-0.1, -0.05) is 166 Å². The number of fused-ring (bicyclic) bond motifs is 8. The second kappa shape index (κ2) is 18.2. The van der Waals surface area contributed by atoms with E-state index in [9.17, 15) is 0 Å². The van der Waals surface area contributed by atoms with Crippen LogP contribution in [0.3, 0.4) is 0 Å². The predicted octanol–water partition coefficient (Wildman–Crippen LogP) is 18.9. The minimum atomic E-state index is -0.115. The molecule has 3 aromatic heterocycles. The van der Waals surface area contributed by atoms with Crippen molar-refractivity contribution in [1.82, 2.24) is 0 Å². The maximum Gasteiger partial charge on any atom is 0.252 e. The summed E-state index contributed by atoms with van der Waals surface area (Å²) in [5.41, 5.74) is 20.1. The summed E-state index contributed by atoms with van der Waals surface area (Å²) in [6, 6.07) is 94.2. The highest BCUT2D eigenvalue weighted by Gasteiger charge is 2.44. The summed E-state index contributed by atoms with van der Waals surface area (Å²) in [5.74, 6) is 2.49. The molecule has 0 saturated carbocycles. The highest BCUT2D eigenvalue weighted by atomic mass is 16.3. The normalized spacial score (nSPS) is 12.8. The van der Waals surface area contributed by atoms with Crippen LogP contribution in [-0.2, 0) is 5.41 Å². The fourth-order valence-corrected chi connectivity index (χ4v) is 12.6. The molecule has 0 saturated heterocycles. The zero-order chi connectivity index (χ0) is 53.9. The molecule has 0 fully saturated rings. The van der Waals surface area contributed by atoms with Gasteiger partial charge in [0.25, 0.3) is 6.71 Å². The molecular formula is C74H52BN3O3. The van der Waals surface area contributed by atoms with Crippen molar-refractivity contribution in [3.8, 4) is 34.0 Å². The Morgan fingerprint density at radius 1 is 0.333 bits per heavy atom. The molecule has 0 bridgehead atoms. The van der Waals surface area contributed by atoms with Crippen LogP contribution in [0.2, 0.25) is 0 Å². The molecule has 7 heteroatoms. The van der Waals surface area contributed by atoms with E-state index >= 15 is 0 Å². The van der Waals surface area contributed by atoms with Gasteiger partial charge >= 0.3 is 0 Å². The topological polar surface area (TPSA) is 49.1 Å². The molecule has 14 aromatic rings. The van der Waals surface area contributed by atoms with E-state index in [0.29, 0.717) is 0 Å². The average molecular weight is 1040 g/mol. The molecule has 0 atom stereocenters. The number of hydrogen-bond acceptors (Lipinski definition) is 6. The largest absolute Gasteiger partial charge is 0.456 e. The lowest BCUT2D eigenvalue weighted by molar-refractivity contribution is 0.590. The molecule has 0 aliphatic carbocycles. The van der Waals surface area contributed by atoms with Gasteiger partial charge < -0.3 is 28.0 Å². The first-order valence-electron chi connectivity index (χ1n) is 27.8. The van der Waals surface area contributed by atoms with Crippen LogP contribution in [0.25, 0.3) is 77.7 Å². The molecule has 0 amide bonds. The smallest absolute Gasteiger partial charge is 0.252 e. The Hall–Kier alpha value is -10.2. The SMILES string of the molecule is CC(C)(C)c1ccc(N(c2cc3c4c(c2)N(c2cccc(-c5cc6ccccc6o5)c2)c2cc(-c5cc6ccccc6o5)ccc2B4c2ccccc2N3c2ccccc2)c2ccc3cc(-c4cc5ccccc5o4)ccc3c2)cc1. The Kier molecular flexibility index (Phi) is 10.5. The lowest BCUT2D eigenvalue weighted by atomic mass is 9.33. The Balaban J connectivity index is 0.960. The van der Waals surface area contributed by atoms with Crippen molar-refractivity contribution in [2.45, 2.75) is 26.2 Å². The van der Waals surface area contributed by atoms with Crippen LogP contribution < -0.4 is 31.1 Å². The first kappa shape index (κ1) is 46.8. The summed E-state index contributed by atoms with van der Waals surface area (Å²) in [5, 5.41) is 5.48. The number of furan rings is 3. The molecule has 6 nitrogen and oxygen atoms in total. The summed E-state index contributed by atoms with van der Waals surface area (Å²) in [6.07, 6.45) is 0. The first-order chi connectivity index (χ1) is 39.7. The van der Waals surface area contributed by atoms with E-state index in [4.69, 9.17) is 13.3 Å². The van der Waals surface area contributed by atoms with Crippen molar-refractivity contribution >= 4 is 118 Å². The van der Waals surface area contributed by atoms with E-state index in [1.54, 1.807) is 0 Å². The maximum absolute atomic E-state index is 6.66. The summed E-state index contributed by atoms with van der Waals surface area (Å²) in [7, 11) is 0. The van der Waals surface area contributed by atoms with Gasteiger partial charge in [-0.15, -0.1) is 0 Å². The van der Waals surface area contributed by atoms with Gasteiger partial charge in [-0.3, -0.25) is 0 Å². The van der Waals surface area contributed by atoms with Crippen molar-refractivity contribution in [3.63, 3.8) is 0 Å². The Morgan fingerprint density at radius 3 is 1.48 bits per heavy atom. The van der Waals surface area contributed by atoms with Gasteiger partial charge in [0.05, 0.1) is 5.69 Å². The molecule has 81 heavy (non-hydrogen) atoms. The molecule has 0 unspecified atom stereocenters. The van der Waals surface area contributed by atoms with Crippen LogP contribution in [-0.4, -0.2) is 6.71 Å². The molecule has 2 aliphatic rings. The minimum Gasteiger partial charge on any atom is -0.456 e. The number of anilines is 9. The Labute approximate surface area is 470 Å². The van der Waals surface area contributed by atoms with E-state index in [-0.39, 0.29) is 12.1 Å². The quantitative estimate of drug-likeness (QED) is 0.141. The van der Waals surface area contributed by atoms with Gasteiger partial charge in [-0.25, -0.2) is 0 Å². The van der Waals surface area contributed by atoms with Crippen LogP contribution in [0.1, 0.15) is 26.3 Å². The monoisotopic (exact) mass is 1040 g/mol. The third-order valence-corrected chi connectivity index (χ3v) is 16.5. The molecule has 16 rings (SSSR count). The van der Waals surface area contributed by atoms with Crippen molar-refractivity contribution in [2.24, 2.45) is 0 Å². The molecular weight excluding hydrogens is 990 g/mol. The summed E-state index contributed by atoms with van der Waals surface area (Å²) in [6.45, 7) is 6.71. The molecule has 0 radical (unpaired) electrons. The van der Waals surface area contributed by atoms with Crippen LogP contribution in [0.4, 0.5) is 51.2 Å². The fourth-order valence-electron chi connectivity index (χ4n) is 12.6. The van der Waals surface area contributed by atoms with Crippen molar-refractivity contribution in [3.05, 3.63) is 266 Å². The van der Waals surface area contributed by atoms with Crippen LogP contribution >= 0.6 is 0 Å². The molecule has 5 heterocycles. The lowest BCUT2D eigenvalue weighted by Crippen LogP contribution is -2.61. The lowest BCUT2D eigenvalue weighted by Gasteiger charge is -2.45. The maximum atomic E-state index is 6.66. The van der Waals surface area contributed by atoms with Crippen LogP contribution in [0, 0.1) is 0 Å². The molecule has 2 aliphatic heterocycles. The first-order valence-corrected chi connectivity index (χ1v) is 27.8. The minimum absolute atomic E-state index is 0.0372. The van der Waals surface area contributed by atoms with E-state index in [1.165, 1.54) is 22.0 Å². The number of para-hydroxylation sites is 5. The number of hydrogen-bond donors (Lipinski definition) is 0. The van der Waals surface area contributed by atoms with Gasteiger partial charge in [0.1, 0.15) is 34.0 Å². The predicted molar refractivity (Wildman–Crippen MR) is 337 cm³/mol. The standard InChI is InChI=1S/C74H52BN3O3/c1-74(2,3)55-32-35-57(36-33-55)76(59-34-30-47-38-53(29-28-48(47)39-59)71-43-51-17-8-13-26-68(51)80-71)60-45-65-73-66(46-60)78(58-22-15-19-49(40-58)70-42-50-16-7-12-25-67(50)79-70)64-41-54(72-44-52-18-9-14-27-69(52)81-72)31-37-62(64)75(73)61-23-10-11-24-63(61)77(65)56-20-5-4-6-21-56/h4-46H,1-3H3. The second-order valence-corrected chi connectivity index (χ2v) is 22.5. The Bertz CT molecular complexity index is 4690. The van der Waals surface area contributed by atoms with Gasteiger partial charge in [-0.05, 0) is 153 Å². The van der Waals surface area contributed by atoms with Gasteiger partial charge in [0.2, 0.25) is 0 Å². The van der Waals surface area contributed by atoms with Crippen LogP contribution in [0.15, 0.2) is 274 Å². The van der Waals surface area contributed by atoms with Gasteiger partial charge in [-0.2, -0.15) is 0 Å². The van der Waals surface area contributed by atoms with Gasteiger partial charge in [0, 0.05) is 78.3 Å². The Morgan fingerprint density at radius 2 is 0.840 bits per heavy atom. The van der Waals surface area contributed by atoms with Crippen LogP contribution in [0.5, 0.6) is 0 Å². The number of nitrogens with zero attached hydrogens (tertiary/aromatic N) is 3. The number of rotatable bonds is 8. The zero-order valence-corrected chi connectivity index (χ0v) is 45.0. The van der Waals surface area contributed by atoms with E-state index in [2.05, 4.69) is 260 Å². The second-order valence-electron chi connectivity index (χ2n) is 22.5. The highest BCUT2D eigenvalue weighted by molar-refractivity contribution is 7.00. The highest BCUT2D eigenvalue weighted by Crippen LogP contribution is 2.50. The molecule has 11 aromatic carbocycles. The summed E-state index contributed by atoms with van der Waals surface area (Å²) >= 11 is 0. The van der Waals surface area contributed by atoms with Crippen molar-refractivity contribution in [1.29, 1.82) is 0 Å². The fraction of sp³-hybridized carbons (Fsp3) is 0.0541. The zero-order valence-electron chi connectivity index (χ0n) is 45.0. The van der Waals surface area contributed by atoms with Crippen molar-refractivity contribution < 1.29 is 13.3 Å². The third-order valence-electron chi connectivity index (χ3n) is 16.5.